The van der Waals surface area contributed by atoms with Crippen LogP contribution in [0.25, 0.3) is 11.5 Å². The summed E-state index contributed by atoms with van der Waals surface area (Å²) in [6, 6.07) is 4.58. The first-order valence-electron chi connectivity index (χ1n) is 4.74. The molecule has 0 fully saturated rings. The molecule has 5 heteroatoms. The number of ether oxygens (including phenoxy) is 1. The van der Waals surface area contributed by atoms with E-state index in [1.54, 1.807) is 12.1 Å². The van der Waals surface area contributed by atoms with Crippen LogP contribution in [0.2, 0.25) is 0 Å². The Labute approximate surface area is 100 Å². The maximum atomic E-state index is 13.5. The van der Waals surface area contributed by atoms with Gasteiger partial charge in [-0.2, -0.15) is 0 Å². The van der Waals surface area contributed by atoms with Crippen LogP contribution in [0.1, 0.15) is 6.92 Å². The van der Waals surface area contributed by atoms with E-state index >= 15 is 0 Å². The summed E-state index contributed by atoms with van der Waals surface area (Å²) in [4.78, 5) is 3.95. The van der Waals surface area contributed by atoms with Gasteiger partial charge in [0.05, 0.1) is 12.2 Å². The SMILES string of the molecule is CCOc1cnc(-c2cc(Br)ccc2F)o1. The lowest BCUT2D eigenvalue weighted by molar-refractivity contribution is 0.260. The summed E-state index contributed by atoms with van der Waals surface area (Å²) >= 11 is 3.26. The number of rotatable bonds is 3. The topological polar surface area (TPSA) is 35.3 Å². The molecule has 0 unspecified atom stereocenters. The van der Waals surface area contributed by atoms with E-state index in [0.29, 0.717) is 12.2 Å². The Morgan fingerprint density at radius 2 is 2.31 bits per heavy atom. The van der Waals surface area contributed by atoms with Crippen LogP contribution in [0.4, 0.5) is 4.39 Å². The van der Waals surface area contributed by atoms with Crippen molar-refractivity contribution in [2.45, 2.75) is 6.92 Å². The third-order valence-corrected chi connectivity index (χ3v) is 2.42. The highest BCUT2D eigenvalue weighted by molar-refractivity contribution is 9.10. The minimum Gasteiger partial charge on any atom is -0.464 e. The fraction of sp³-hybridized carbons (Fsp3) is 0.182. The lowest BCUT2D eigenvalue weighted by atomic mass is 10.2. The van der Waals surface area contributed by atoms with Crippen molar-refractivity contribution in [3.8, 4) is 17.4 Å². The maximum absolute atomic E-state index is 13.5. The van der Waals surface area contributed by atoms with Gasteiger partial charge in [-0.15, -0.1) is 0 Å². The van der Waals surface area contributed by atoms with Gasteiger partial charge in [0.15, 0.2) is 0 Å². The molecule has 0 spiro atoms. The van der Waals surface area contributed by atoms with Crippen molar-refractivity contribution in [2.75, 3.05) is 6.61 Å². The van der Waals surface area contributed by atoms with E-state index in [9.17, 15) is 4.39 Å². The maximum Gasteiger partial charge on any atom is 0.305 e. The third-order valence-electron chi connectivity index (χ3n) is 1.93. The predicted octanol–water partition coefficient (Wildman–Crippen LogP) is 3.64. The van der Waals surface area contributed by atoms with Gasteiger partial charge in [0, 0.05) is 4.47 Å². The highest BCUT2D eigenvalue weighted by Gasteiger charge is 2.12. The van der Waals surface area contributed by atoms with E-state index in [1.165, 1.54) is 12.3 Å². The Hall–Kier alpha value is -1.36. The van der Waals surface area contributed by atoms with E-state index in [4.69, 9.17) is 9.15 Å². The van der Waals surface area contributed by atoms with Crippen LogP contribution >= 0.6 is 15.9 Å². The van der Waals surface area contributed by atoms with Gasteiger partial charge in [-0.3, -0.25) is 0 Å². The number of nitrogens with zero attached hydrogens (tertiary/aromatic N) is 1. The van der Waals surface area contributed by atoms with Crippen LogP contribution < -0.4 is 4.74 Å². The molecular formula is C11H9BrFNO2. The third kappa shape index (κ3) is 2.24. The molecule has 0 aliphatic rings. The molecule has 1 aromatic heterocycles. The highest BCUT2D eigenvalue weighted by Crippen LogP contribution is 2.27. The van der Waals surface area contributed by atoms with Crippen molar-refractivity contribution in [3.63, 3.8) is 0 Å². The predicted molar refractivity (Wildman–Crippen MR) is 60.8 cm³/mol. The summed E-state index contributed by atoms with van der Waals surface area (Å²) in [5.74, 6) is 0.118. The number of aromatic nitrogens is 1. The Morgan fingerprint density at radius 1 is 1.50 bits per heavy atom. The summed E-state index contributed by atoms with van der Waals surface area (Å²) in [5.41, 5.74) is 0.306. The molecule has 0 amide bonds. The van der Waals surface area contributed by atoms with Gasteiger partial charge in [-0.25, -0.2) is 9.37 Å². The fourth-order valence-corrected chi connectivity index (χ4v) is 1.62. The van der Waals surface area contributed by atoms with Crippen LogP contribution in [0.15, 0.2) is 33.3 Å². The van der Waals surface area contributed by atoms with Crippen molar-refractivity contribution in [1.29, 1.82) is 0 Å². The van der Waals surface area contributed by atoms with Gasteiger partial charge in [-0.1, -0.05) is 15.9 Å². The number of benzene rings is 1. The van der Waals surface area contributed by atoms with Crippen molar-refractivity contribution in [1.82, 2.24) is 4.98 Å². The molecule has 0 saturated carbocycles. The molecule has 2 rings (SSSR count). The lowest BCUT2D eigenvalue weighted by Crippen LogP contribution is -1.88. The van der Waals surface area contributed by atoms with E-state index in [1.807, 2.05) is 6.92 Å². The van der Waals surface area contributed by atoms with E-state index in [-0.39, 0.29) is 17.7 Å². The molecule has 0 N–H and O–H groups in total. The zero-order valence-electron chi connectivity index (χ0n) is 8.54. The second-order valence-electron chi connectivity index (χ2n) is 3.04. The van der Waals surface area contributed by atoms with E-state index < -0.39 is 0 Å². The first kappa shape index (κ1) is 11.1. The first-order valence-corrected chi connectivity index (χ1v) is 5.54. The molecule has 0 radical (unpaired) electrons. The minimum absolute atomic E-state index is 0.210. The lowest BCUT2D eigenvalue weighted by Gasteiger charge is -1.99. The van der Waals surface area contributed by atoms with Crippen LogP contribution in [0, 0.1) is 5.82 Å². The Morgan fingerprint density at radius 3 is 3.06 bits per heavy atom. The molecule has 0 aliphatic heterocycles. The van der Waals surface area contributed by atoms with Gasteiger partial charge < -0.3 is 9.15 Å². The van der Waals surface area contributed by atoms with Gasteiger partial charge in [0.25, 0.3) is 0 Å². The second kappa shape index (κ2) is 4.65. The minimum atomic E-state index is -0.381. The summed E-state index contributed by atoms with van der Waals surface area (Å²) in [7, 11) is 0. The van der Waals surface area contributed by atoms with E-state index in [0.717, 1.165) is 4.47 Å². The molecule has 2 aromatic rings. The van der Waals surface area contributed by atoms with Gasteiger partial charge in [-0.05, 0) is 25.1 Å². The average molecular weight is 286 g/mol. The Kier molecular flexibility index (Phi) is 3.24. The summed E-state index contributed by atoms with van der Waals surface area (Å²) in [5, 5.41) is 0. The quantitative estimate of drug-likeness (QED) is 0.864. The number of hydrogen-bond acceptors (Lipinski definition) is 3. The van der Waals surface area contributed by atoms with Crippen molar-refractivity contribution >= 4 is 15.9 Å². The molecule has 1 aromatic carbocycles. The normalized spacial score (nSPS) is 10.4. The number of halogens is 2. The Bertz CT molecular complexity index is 498. The molecule has 0 saturated heterocycles. The zero-order valence-corrected chi connectivity index (χ0v) is 10.1. The van der Waals surface area contributed by atoms with Crippen molar-refractivity contribution in [2.24, 2.45) is 0 Å². The van der Waals surface area contributed by atoms with Crippen LogP contribution in [0.5, 0.6) is 5.95 Å². The van der Waals surface area contributed by atoms with Crippen LogP contribution in [-0.2, 0) is 0 Å². The molecule has 3 nitrogen and oxygen atoms in total. The smallest absolute Gasteiger partial charge is 0.305 e. The average Bonchev–Trinajstić information content (AvgIpc) is 2.71. The molecule has 16 heavy (non-hydrogen) atoms. The van der Waals surface area contributed by atoms with Gasteiger partial charge in [0.1, 0.15) is 12.0 Å². The molecule has 1 heterocycles. The standard InChI is InChI=1S/C11H9BrFNO2/c1-2-15-10-6-14-11(16-10)8-5-7(12)3-4-9(8)13/h3-6H,2H2,1H3. The Balaban J connectivity index is 2.38. The first-order chi connectivity index (χ1) is 7.70. The van der Waals surface area contributed by atoms with Crippen LogP contribution in [-0.4, -0.2) is 11.6 Å². The zero-order chi connectivity index (χ0) is 11.5. The summed E-state index contributed by atoms with van der Waals surface area (Å²) in [6.45, 7) is 2.32. The van der Waals surface area contributed by atoms with Gasteiger partial charge in [0.2, 0.25) is 5.89 Å². The molecule has 0 bridgehead atoms. The largest absolute Gasteiger partial charge is 0.464 e. The molecule has 0 atom stereocenters. The van der Waals surface area contributed by atoms with Crippen molar-refractivity contribution < 1.29 is 13.5 Å². The summed E-state index contributed by atoms with van der Waals surface area (Å²) < 4.78 is 24.6. The molecule has 0 aliphatic carbocycles. The molecular weight excluding hydrogens is 277 g/mol. The highest BCUT2D eigenvalue weighted by atomic mass is 79.9. The molecule has 84 valence electrons. The fourth-order valence-electron chi connectivity index (χ4n) is 1.25. The van der Waals surface area contributed by atoms with Crippen LogP contribution in [0.3, 0.4) is 0 Å². The number of oxazole rings is 1. The van der Waals surface area contributed by atoms with Crippen molar-refractivity contribution in [3.05, 3.63) is 34.7 Å². The van der Waals surface area contributed by atoms with Gasteiger partial charge >= 0.3 is 5.95 Å². The second-order valence-corrected chi connectivity index (χ2v) is 3.96. The number of hydrogen-bond donors (Lipinski definition) is 0. The van der Waals surface area contributed by atoms with E-state index in [2.05, 4.69) is 20.9 Å². The summed E-state index contributed by atoms with van der Waals surface area (Å²) in [6.07, 6.45) is 1.43. The monoisotopic (exact) mass is 285 g/mol.